The second kappa shape index (κ2) is 7.48. The van der Waals surface area contributed by atoms with Gasteiger partial charge in [-0.1, -0.05) is 23.9 Å². The summed E-state index contributed by atoms with van der Waals surface area (Å²) in [5, 5.41) is 7.36. The van der Waals surface area contributed by atoms with Gasteiger partial charge >= 0.3 is 0 Å². The lowest BCUT2D eigenvalue weighted by Crippen LogP contribution is -1.97. The zero-order valence-electron chi connectivity index (χ0n) is 13.7. The first-order valence-corrected chi connectivity index (χ1v) is 8.55. The number of H-pyrrole nitrogens is 1. The Bertz CT molecular complexity index is 911. The molecule has 0 bridgehead atoms. The number of rotatable bonds is 6. The molecule has 25 heavy (non-hydrogen) atoms. The van der Waals surface area contributed by atoms with Crippen LogP contribution in [0.15, 0.2) is 47.6 Å². The van der Waals surface area contributed by atoms with Crippen LogP contribution in [0.25, 0.3) is 11.4 Å². The molecule has 0 saturated heterocycles. The number of carbonyl (C=O) groups excluding carboxylic acids is 1. The molecule has 1 heterocycles. The molecular formula is C18H16FN3O2S. The summed E-state index contributed by atoms with van der Waals surface area (Å²) >= 11 is 1.38. The van der Waals surface area contributed by atoms with E-state index < -0.39 is 0 Å². The van der Waals surface area contributed by atoms with Crippen LogP contribution in [0.2, 0.25) is 0 Å². The fourth-order valence-electron chi connectivity index (χ4n) is 2.34. The number of benzene rings is 2. The summed E-state index contributed by atoms with van der Waals surface area (Å²) in [5.74, 6) is 1.24. The van der Waals surface area contributed by atoms with E-state index in [9.17, 15) is 9.18 Å². The van der Waals surface area contributed by atoms with Crippen LogP contribution in [0, 0.1) is 5.82 Å². The Hall–Kier alpha value is -2.67. The average Bonchev–Trinajstić information content (AvgIpc) is 3.08. The Labute approximate surface area is 148 Å². The smallest absolute Gasteiger partial charge is 0.209 e. The molecule has 0 aliphatic rings. The number of hydrogen-bond donors (Lipinski definition) is 1. The second-order valence-electron chi connectivity index (χ2n) is 5.32. The third-order valence-corrected chi connectivity index (χ3v) is 4.53. The number of ketones is 1. The van der Waals surface area contributed by atoms with Crippen molar-refractivity contribution in [1.82, 2.24) is 15.2 Å². The van der Waals surface area contributed by atoms with Crippen molar-refractivity contribution >= 4 is 17.5 Å². The standard InChI is InChI=1S/C18H16FN3O2S/c1-11(23)12-7-8-16(24-2)13(9-12)10-25-18-20-17(21-22-18)14-5-3-4-6-15(14)19/h3-9H,10H2,1-2H3,(H,20,21,22). The van der Waals surface area contributed by atoms with E-state index in [0.29, 0.717) is 33.6 Å². The van der Waals surface area contributed by atoms with Crippen molar-refractivity contribution in [2.24, 2.45) is 0 Å². The average molecular weight is 357 g/mol. The highest BCUT2D eigenvalue weighted by Gasteiger charge is 2.12. The van der Waals surface area contributed by atoms with Crippen LogP contribution in [0.4, 0.5) is 4.39 Å². The predicted molar refractivity (Wildman–Crippen MR) is 94.3 cm³/mol. The molecule has 0 spiro atoms. The minimum atomic E-state index is -0.356. The van der Waals surface area contributed by atoms with E-state index in [1.807, 2.05) is 0 Å². The van der Waals surface area contributed by atoms with Crippen molar-refractivity contribution in [3.8, 4) is 17.1 Å². The molecular weight excluding hydrogens is 341 g/mol. The van der Waals surface area contributed by atoms with Gasteiger partial charge in [-0.2, -0.15) is 0 Å². The number of thioether (sulfide) groups is 1. The first-order valence-electron chi connectivity index (χ1n) is 7.56. The predicted octanol–water partition coefficient (Wildman–Crippen LogP) is 4.11. The highest BCUT2D eigenvalue weighted by Crippen LogP contribution is 2.28. The second-order valence-corrected chi connectivity index (χ2v) is 6.26. The number of nitrogens with one attached hydrogen (secondary N) is 1. The highest BCUT2D eigenvalue weighted by atomic mass is 32.2. The zero-order chi connectivity index (χ0) is 17.8. The van der Waals surface area contributed by atoms with Crippen molar-refractivity contribution in [3.05, 3.63) is 59.4 Å². The number of hydrogen-bond acceptors (Lipinski definition) is 5. The molecule has 1 aromatic heterocycles. The van der Waals surface area contributed by atoms with Crippen LogP contribution in [0.5, 0.6) is 5.75 Å². The van der Waals surface area contributed by atoms with Crippen LogP contribution in [0.3, 0.4) is 0 Å². The van der Waals surface area contributed by atoms with Crippen molar-refractivity contribution in [2.45, 2.75) is 17.8 Å². The third kappa shape index (κ3) is 3.88. The minimum absolute atomic E-state index is 0.00589. The lowest BCUT2D eigenvalue weighted by atomic mass is 10.1. The van der Waals surface area contributed by atoms with E-state index >= 15 is 0 Å². The quantitative estimate of drug-likeness (QED) is 0.531. The molecule has 0 aliphatic carbocycles. The lowest BCUT2D eigenvalue weighted by molar-refractivity contribution is 0.101. The normalized spacial score (nSPS) is 10.7. The van der Waals surface area contributed by atoms with Crippen LogP contribution in [0.1, 0.15) is 22.8 Å². The van der Waals surface area contributed by atoms with Gasteiger partial charge in [0.25, 0.3) is 0 Å². The molecule has 0 radical (unpaired) electrons. The van der Waals surface area contributed by atoms with Gasteiger partial charge in [-0.25, -0.2) is 9.37 Å². The van der Waals surface area contributed by atoms with Gasteiger partial charge in [0.2, 0.25) is 5.16 Å². The number of carbonyl (C=O) groups is 1. The summed E-state index contributed by atoms with van der Waals surface area (Å²) in [6.45, 7) is 1.52. The van der Waals surface area contributed by atoms with Crippen LogP contribution < -0.4 is 4.74 Å². The summed E-state index contributed by atoms with van der Waals surface area (Å²) in [4.78, 5) is 15.9. The van der Waals surface area contributed by atoms with E-state index in [4.69, 9.17) is 4.74 Å². The molecule has 0 unspecified atom stereocenters. The monoisotopic (exact) mass is 357 g/mol. The van der Waals surface area contributed by atoms with E-state index in [-0.39, 0.29) is 11.6 Å². The van der Waals surface area contributed by atoms with Gasteiger partial charge in [0.1, 0.15) is 11.6 Å². The van der Waals surface area contributed by atoms with Gasteiger partial charge < -0.3 is 4.74 Å². The zero-order valence-corrected chi connectivity index (χ0v) is 14.6. The molecule has 0 saturated carbocycles. The maximum absolute atomic E-state index is 13.8. The van der Waals surface area contributed by atoms with E-state index in [1.54, 1.807) is 43.5 Å². The first-order chi connectivity index (χ1) is 12.1. The summed E-state index contributed by atoms with van der Waals surface area (Å²) in [7, 11) is 1.58. The lowest BCUT2D eigenvalue weighted by Gasteiger charge is -2.08. The van der Waals surface area contributed by atoms with Crippen molar-refractivity contribution in [2.75, 3.05) is 7.11 Å². The van der Waals surface area contributed by atoms with Gasteiger partial charge in [0, 0.05) is 16.9 Å². The van der Waals surface area contributed by atoms with E-state index in [0.717, 1.165) is 5.56 Å². The van der Waals surface area contributed by atoms with E-state index in [2.05, 4.69) is 15.2 Å². The van der Waals surface area contributed by atoms with Crippen molar-refractivity contribution < 1.29 is 13.9 Å². The summed E-state index contributed by atoms with van der Waals surface area (Å²) in [6.07, 6.45) is 0. The maximum Gasteiger partial charge on any atom is 0.209 e. The Balaban J connectivity index is 1.78. The van der Waals surface area contributed by atoms with Gasteiger partial charge in [-0.3, -0.25) is 9.89 Å². The molecule has 128 valence electrons. The van der Waals surface area contributed by atoms with Crippen LogP contribution >= 0.6 is 11.8 Å². The molecule has 3 aromatic rings. The summed E-state index contributed by atoms with van der Waals surface area (Å²) in [6, 6.07) is 11.7. The van der Waals surface area contributed by atoms with Gasteiger partial charge in [-0.15, -0.1) is 5.10 Å². The van der Waals surface area contributed by atoms with Crippen molar-refractivity contribution in [3.63, 3.8) is 0 Å². The van der Waals surface area contributed by atoms with Crippen LogP contribution in [-0.4, -0.2) is 28.1 Å². The molecule has 0 atom stereocenters. The van der Waals surface area contributed by atoms with Crippen molar-refractivity contribution in [1.29, 1.82) is 0 Å². The minimum Gasteiger partial charge on any atom is -0.496 e. The SMILES string of the molecule is COc1ccc(C(C)=O)cc1CSc1n[nH]c(-c2ccccc2F)n1. The molecule has 7 heteroatoms. The Kier molecular flexibility index (Phi) is 5.14. The van der Waals surface area contributed by atoms with Gasteiger partial charge in [-0.05, 0) is 37.3 Å². The number of ether oxygens (including phenoxy) is 1. The van der Waals surface area contributed by atoms with Gasteiger partial charge in [0.15, 0.2) is 11.6 Å². The Morgan fingerprint density at radius 1 is 1.28 bits per heavy atom. The molecule has 0 fully saturated rings. The molecule has 2 aromatic carbocycles. The summed E-state index contributed by atoms with van der Waals surface area (Å²) < 4.78 is 19.1. The number of halogens is 1. The number of aromatic nitrogens is 3. The Morgan fingerprint density at radius 3 is 2.80 bits per heavy atom. The number of aromatic amines is 1. The maximum atomic E-state index is 13.8. The topological polar surface area (TPSA) is 67.9 Å². The highest BCUT2D eigenvalue weighted by molar-refractivity contribution is 7.98. The fraction of sp³-hybridized carbons (Fsp3) is 0.167. The molecule has 5 nitrogen and oxygen atoms in total. The molecule has 0 amide bonds. The fourth-order valence-corrected chi connectivity index (χ4v) is 3.11. The number of nitrogens with zero attached hydrogens (tertiary/aromatic N) is 2. The molecule has 1 N–H and O–H groups in total. The van der Waals surface area contributed by atoms with Gasteiger partial charge in [0.05, 0.1) is 12.7 Å². The third-order valence-electron chi connectivity index (χ3n) is 3.64. The summed E-state index contributed by atoms with van der Waals surface area (Å²) in [5.41, 5.74) is 1.87. The van der Waals surface area contributed by atoms with Crippen LogP contribution in [-0.2, 0) is 5.75 Å². The largest absolute Gasteiger partial charge is 0.496 e. The number of methoxy groups -OCH3 is 1. The molecule has 0 aliphatic heterocycles. The Morgan fingerprint density at radius 2 is 2.08 bits per heavy atom. The number of Topliss-reactive ketones (excluding diaryl/α,β-unsaturated/α-hetero) is 1. The van der Waals surface area contributed by atoms with E-state index in [1.165, 1.54) is 24.8 Å². The molecule has 3 rings (SSSR count). The first kappa shape index (κ1) is 17.2.